The van der Waals surface area contributed by atoms with Crippen LogP contribution < -0.4 is 0 Å². The molecule has 0 saturated heterocycles. The Labute approximate surface area is 50.6 Å². The van der Waals surface area contributed by atoms with Crippen LogP contribution in [0, 0.1) is 11.8 Å². The summed E-state index contributed by atoms with van der Waals surface area (Å²) in [6.45, 7) is 0. The molecule has 0 heteroatoms. The Bertz CT molecular complexity index is 101. The molecule has 0 heterocycles. The van der Waals surface area contributed by atoms with Gasteiger partial charge in [-0.25, -0.2) is 0 Å². The maximum absolute atomic E-state index is 2.31. The standard InChI is InChI=1S/C8H12/c1-2-7(1)5-6-8-3-4-8/h1-2,7-8H,3-6H2. The van der Waals surface area contributed by atoms with E-state index in [-0.39, 0.29) is 0 Å². The molecule has 0 unspecified atom stereocenters. The lowest BCUT2D eigenvalue weighted by Crippen LogP contribution is -1.79. The molecule has 0 spiro atoms. The van der Waals surface area contributed by atoms with Crippen LogP contribution in [0.2, 0.25) is 0 Å². The van der Waals surface area contributed by atoms with Crippen LogP contribution in [0.15, 0.2) is 12.2 Å². The van der Waals surface area contributed by atoms with Crippen molar-refractivity contribution >= 4 is 0 Å². The fraction of sp³-hybridized carbons (Fsp3) is 0.750. The van der Waals surface area contributed by atoms with E-state index in [4.69, 9.17) is 0 Å². The number of rotatable bonds is 3. The molecule has 0 bridgehead atoms. The second-order valence-corrected chi connectivity index (χ2v) is 3.07. The Morgan fingerprint density at radius 1 is 1.12 bits per heavy atom. The summed E-state index contributed by atoms with van der Waals surface area (Å²) in [5, 5.41) is 0. The van der Waals surface area contributed by atoms with Gasteiger partial charge in [0.1, 0.15) is 0 Å². The largest absolute Gasteiger partial charge is 0.0810 e. The van der Waals surface area contributed by atoms with Crippen LogP contribution in [0.1, 0.15) is 25.7 Å². The molecule has 0 aliphatic heterocycles. The number of hydrogen-bond acceptors (Lipinski definition) is 0. The van der Waals surface area contributed by atoms with Crippen molar-refractivity contribution in [3.05, 3.63) is 12.2 Å². The van der Waals surface area contributed by atoms with Gasteiger partial charge in [0.25, 0.3) is 0 Å². The molecule has 2 aliphatic carbocycles. The molecular weight excluding hydrogens is 96.1 g/mol. The van der Waals surface area contributed by atoms with Crippen LogP contribution in [0.25, 0.3) is 0 Å². The quantitative estimate of drug-likeness (QED) is 0.487. The third-order valence-corrected chi connectivity index (χ3v) is 2.07. The van der Waals surface area contributed by atoms with E-state index in [0.717, 1.165) is 11.8 Å². The molecule has 0 radical (unpaired) electrons. The van der Waals surface area contributed by atoms with Gasteiger partial charge in [-0.15, -0.1) is 0 Å². The fourth-order valence-corrected chi connectivity index (χ4v) is 1.11. The van der Waals surface area contributed by atoms with E-state index in [9.17, 15) is 0 Å². The average molecular weight is 108 g/mol. The van der Waals surface area contributed by atoms with Gasteiger partial charge in [-0.05, 0) is 24.7 Å². The molecule has 1 saturated carbocycles. The van der Waals surface area contributed by atoms with Crippen molar-refractivity contribution in [1.29, 1.82) is 0 Å². The van der Waals surface area contributed by atoms with E-state index >= 15 is 0 Å². The van der Waals surface area contributed by atoms with Gasteiger partial charge in [0.15, 0.2) is 0 Å². The van der Waals surface area contributed by atoms with Crippen LogP contribution in [0.5, 0.6) is 0 Å². The topological polar surface area (TPSA) is 0 Å². The minimum absolute atomic E-state index is 0.926. The van der Waals surface area contributed by atoms with Crippen LogP contribution in [-0.4, -0.2) is 0 Å². The molecule has 0 N–H and O–H groups in total. The van der Waals surface area contributed by atoms with Crippen molar-refractivity contribution in [2.75, 3.05) is 0 Å². The van der Waals surface area contributed by atoms with Crippen molar-refractivity contribution in [2.24, 2.45) is 11.8 Å². The van der Waals surface area contributed by atoms with Crippen molar-refractivity contribution < 1.29 is 0 Å². The normalized spacial score (nSPS) is 26.5. The molecule has 0 aromatic rings. The SMILES string of the molecule is C1=CC1CCC1CC1. The van der Waals surface area contributed by atoms with E-state index in [1.807, 2.05) is 0 Å². The highest BCUT2D eigenvalue weighted by molar-refractivity contribution is 5.12. The van der Waals surface area contributed by atoms with Gasteiger partial charge in [-0.3, -0.25) is 0 Å². The molecule has 0 nitrogen and oxygen atoms in total. The van der Waals surface area contributed by atoms with E-state index in [1.54, 1.807) is 0 Å². The van der Waals surface area contributed by atoms with Gasteiger partial charge in [-0.2, -0.15) is 0 Å². The first kappa shape index (κ1) is 4.60. The Morgan fingerprint density at radius 2 is 1.88 bits per heavy atom. The number of hydrogen-bond donors (Lipinski definition) is 0. The van der Waals surface area contributed by atoms with E-state index in [1.165, 1.54) is 25.7 Å². The smallest absolute Gasteiger partial charge is 0.00530 e. The molecule has 2 rings (SSSR count). The summed E-state index contributed by atoms with van der Waals surface area (Å²) in [6.07, 6.45) is 10.6. The highest BCUT2D eigenvalue weighted by atomic mass is 14.3. The molecule has 0 aromatic heterocycles. The molecule has 1 fully saturated rings. The number of allylic oxidation sites excluding steroid dienone is 2. The molecule has 0 aromatic carbocycles. The van der Waals surface area contributed by atoms with Crippen molar-refractivity contribution in [1.82, 2.24) is 0 Å². The van der Waals surface area contributed by atoms with Crippen molar-refractivity contribution in [3.8, 4) is 0 Å². The zero-order valence-electron chi connectivity index (χ0n) is 5.14. The summed E-state index contributed by atoms with van der Waals surface area (Å²) < 4.78 is 0. The zero-order valence-corrected chi connectivity index (χ0v) is 5.14. The maximum Gasteiger partial charge on any atom is -0.00530 e. The van der Waals surface area contributed by atoms with Crippen LogP contribution >= 0.6 is 0 Å². The summed E-state index contributed by atoms with van der Waals surface area (Å²) >= 11 is 0. The van der Waals surface area contributed by atoms with Gasteiger partial charge in [0.05, 0.1) is 0 Å². The molecule has 2 aliphatic rings. The highest BCUT2D eigenvalue weighted by Crippen LogP contribution is 2.36. The second-order valence-electron chi connectivity index (χ2n) is 3.07. The molecule has 44 valence electrons. The van der Waals surface area contributed by atoms with E-state index < -0.39 is 0 Å². The van der Waals surface area contributed by atoms with Gasteiger partial charge in [-0.1, -0.05) is 25.0 Å². The summed E-state index contributed by atoms with van der Waals surface area (Å²) in [5.74, 6) is 2.06. The molecular formula is C8H12. The summed E-state index contributed by atoms with van der Waals surface area (Å²) in [7, 11) is 0. The summed E-state index contributed by atoms with van der Waals surface area (Å²) in [4.78, 5) is 0. The first-order valence-corrected chi connectivity index (χ1v) is 3.63. The predicted molar refractivity (Wildman–Crippen MR) is 34.6 cm³/mol. The van der Waals surface area contributed by atoms with Gasteiger partial charge >= 0.3 is 0 Å². The summed E-state index contributed by atoms with van der Waals surface area (Å²) in [5.41, 5.74) is 0. The fourth-order valence-electron chi connectivity index (χ4n) is 1.11. The first-order valence-electron chi connectivity index (χ1n) is 3.63. The lowest BCUT2D eigenvalue weighted by atomic mass is 10.1. The van der Waals surface area contributed by atoms with Crippen molar-refractivity contribution in [2.45, 2.75) is 25.7 Å². The van der Waals surface area contributed by atoms with E-state index in [0.29, 0.717) is 0 Å². The van der Waals surface area contributed by atoms with Crippen molar-refractivity contribution in [3.63, 3.8) is 0 Å². The van der Waals surface area contributed by atoms with Crippen LogP contribution in [0.4, 0.5) is 0 Å². The lowest BCUT2D eigenvalue weighted by molar-refractivity contribution is 0.641. The minimum Gasteiger partial charge on any atom is -0.0810 e. The Balaban J connectivity index is 1.56. The Kier molecular flexibility index (Phi) is 0.927. The maximum atomic E-state index is 2.31. The zero-order chi connectivity index (χ0) is 5.40. The second kappa shape index (κ2) is 1.61. The van der Waals surface area contributed by atoms with Gasteiger partial charge in [0, 0.05) is 0 Å². The predicted octanol–water partition coefficient (Wildman–Crippen LogP) is 2.36. The third-order valence-electron chi connectivity index (χ3n) is 2.07. The highest BCUT2D eigenvalue weighted by Gasteiger charge is 2.22. The Morgan fingerprint density at radius 3 is 2.38 bits per heavy atom. The third kappa shape index (κ3) is 1.12. The molecule has 0 atom stereocenters. The van der Waals surface area contributed by atoms with E-state index in [2.05, 4.69) is 12.2 Å². The van der Waals surface area contributed by atoms with Gasteiger partial charge < -0.3 is 0 Å². The Hall–Kier alpha value is -0.260. The van der Waals surface area contributed by atoms with Gasteiger partial charge in [0.2, 0.25) is 0 Å². The lowest BCUT2D eigenvalue weighted by Gasteiger charge is -1.92. The molecule has 0 amide bonds. The minimum atomic E-state index is 0.926. The first-order chi connectivity index (χ1) is 3.95. The van der Waals surface area contributed by atoms with Crippen LogP contribution in [0.3, 0.4) is 0 Å². The molecule has 8 heavy (non-hydrogen) atoms. The summed E-state index contributed by atoms with van der Waals surface area (Å²) in [6, 6.07) is 0. The monoisotopic (exact) mass is 108 g/mol. The van der Waals surface area contributed by atoms with Crippen LogP contribution in [-0.2, 0) is 0 Å². The average Bonchev–Trinajstić information content (AvgIpc) is 2.60.